The summed E-state index contributed by atoms with van der Waals surface area (Å²) in [5.74, 6) is -1.08. The van der Waals surface area contributed by atoms with Crippen LogP contribution in [0.3, 0.4) is 0 Å². The van der Waals surface area contributed by atoms with E-state index in [-0.39, 0.29) is 24.7 Å². The Morgan fingerprint density at radius 1 is 1.20 bits per heavy atom. The van der Waals surface area contributed by atoms with Crippen molar-refractivity contribution >= 4 is 11.7 Å². The van der Waals surface area contributed by atoms with Crippen LogP contribution in [0, 0.1) is 29.0 Å². The second kappa shape index (κ2) is 8.37. The lowest BCUT2D eigenvalue weighted by atomic mass is 9.88. The molecular weight excluding hydrogens is 381 g/mol. The topological polar surface area (TPSA) is 96.0 Å². The van der Waals surface area contributed by atoms with Crippen molar-refractivity contribution in [1.29, 1.82) is 5.26 Å². The van der Waals surface area contributed by atoms with Gasteiger partial charge in [-0.3, -0.25) is 9.59 Å². The summed E-state index contributed by atoms with van der Waals surface area (Å²) in [7, 11) is 0. The van der Waals surface area contributed by atoms with Crippen LogP contribution in [0.5, 0.6) is 0 Å². The van der Waals surface area contributed by atoms with Gasteiger partial charge in [-0.05, 0) is 66.5 Å². The summed E-state index contributed by atoms with van der Waals surface area (Å²) in [6, 6.07) is 14.0. The van der Waals surface area contributed by atoms with E-state index in [2.05, 4.69) is 11.4 Å². The van der Waals surface area contributed by atoms with Crippen LogP contribution in [-0.4, -0.2) is 23.8 Å². The first-order valence-corrected chi connectivity index (χ1v) is 10.3. The molecule has 0 aromatic heterocycles. The third kappa shape index (κ3) is 4.12. The van der Waals surface area contributed by atoms with Gasteiger partial charge in [-0.15, -0.1) is 0 Å². The normalized spacial score (nSPS) is 23.1. The van der Waals surface area contributed by atoms with Gasteiger partial charge in [0.25, 0.3) is 0 Å². The van der Waals surface area contributed by atoms with Gasteiger partial charge in [-0.1, -0.05) is 24.3 Å². The Balaban J connectivity index is 1.45. The minimum absolute atomic E-state index is 0.0639. The molecule has 2 aliphatic rings. The molecule has 4 atom stereocenters. The maximum absolute atomic E-state index is 14.8. The van der Waals surface area contributed by atoms with Crippen molar-refractivity contribution in [2.24, 2.45) is 17.6 Å². The number of primary amides is 1. The molecule has 2 bridgehead atoms. The number of carbonyl (C=O) groups excluding carboxylic acids is 2. The molecule has 4 rings (SSSR count). The van der Waals surface area contributed by atoms with Crippen molar-refractivity contribution in [3.8, 4) is 17.2 Å². The molecule has 1 aliphatic carbocycles. The molecular formula is C24H24FN3O2. The molecule has 1 aliphatic heterocycles. The first-order chi connectivity index (χ1) is 14.4. The standard InChI is InChI=1S/C24H24FN3O2/c25-21-12-16(15-2-1-3-19(10-15)24(27)30)4-5-17(21)8-14(13-26)9-22(29)23-18-6-7-20(11-18)28-23/h1-5,10,12,14,18,20,23,28H,6-9,11H2,(H2,27,30)/t14-,18+,20-,23+/m1/s1. The number of halogens is 1. The van der Waals surface area contributed by atoms with E-state index in [0.29, 0.717) is 34.2 Å². The maximum Gasteiger partial charge on any atom is 0.248 e. The molecule has 2 aromatic carbocycles. The number of nitrogens with one attached hydrogen (secondary N) is 1. The maximum atomic E-state index is 14.8. The molecule has 0 unspecified atom stereocenters. The highest BCUT2D eigenvalue weighted by Gasteiger charge is 2.42. The quantitative estimate of drug-likeness (QED) is 0.738. The van der Waals surface area contributed by atoms with Crippen molar-refractivity contribution in [2.75, 3.05) is 0 Å². The van der Waals surface area contributed by atoms with E-state index in [1.807, 2.05) is 0 Å². The number of benzene rings is 2. The van der Waals surface area contributed by atoms with E-state index in [9.17, 15) is 19.2 Å². The lowest BCUT2D eigenvalue weighted by Gasteiger charge is -2.22. The first kappa shape index (κ1) is 20.2. The number of hydrogen-bond donors (Lipinski definition) is 2. The summed E-state index contributed by atoms with van der Waals surface area (Å²) in [4.78, 5) is 24.0. The average Bonchev–Trinajstić information content (AvgIpc) is 3.38. The van der Waals surface area contributed by atoms with Crippen LogP contribution < -0.4 is 11.1 Å². The summed E-state index contributed by atoms with van der Waals surface area (Å²) in [6.07, 6.45) is 3.56. The molecule has 1 saturated carbocycles. The van der Waals surface area contributed by atoms with Gasteiger partial charge in [0, 0.05) is 18.0 Å². The number of Topliss-reactive ketones (excluding diaryl/α,β-unsaturated/α-hetero) is 1. The zero-order chi connectivity index (χ0) is 21.3. The Bertz CT molecular complexity index is 1030. The van der Waals surface area contributed by atoms with Crippen LogP contribution in [0.1, 0.15) is 41.6 Å². The fourth-order valence-electron chi connectivity index (χ4n) is 4.76. The predicted molar refractivity (Wildman–Crippen MR) is 111 cm³/mol. The van der Waals surface area contributed by atoms with E-state index in [4.69, 9.17) is 5.73 Å². The number of nitriles is 1. The van der Waals surface area contributed by atoms with E-state index in [0.717, 1.165) is 19.3 Å². The van der Waals surface area contributed by atoms with Crippen LogP contribution in [0.4, 0.5) is 4.39 Å². The van der Waals surface area contributed by atoms with E-state index in [1.54, 1.807) is 36.4 Å². The van der Waals surface area contributed by atoms with Gasteiger partial charge >= 0.3 is 0 Å². The molecule has 0 radical (unpaired) electrons. The number of nitrogens with zero attached hydrogens (tertiary/aromatic N) is 1. The van der Waals surface area contributed by atoms with Gasteiger partial charge < -0.3 is 11.1 Å². The zero-order valence-corrected chi connectivity index (χ0v) is 16.6. The predicted octanol–water partition coefficient (Wildman–Crippen LogP) is 3.37. The van der Waals surface area contributed by atoms with Gasteiger partial charge in [-0.25, -0.2) is 4.39 Å². The highest BCUT2D eigenvalue weighted by atomic mass is 19.1. The van der Waals surface area contributed by atoms with Crippen LogP contribution in [0.25, 0.3) is 11.1 Å². The number of fused-ring (bicyclic) bond motifs is 2. The monoisotopic (exact) mass is 405 g/mol. The molecule has 1 amide bonds. The number of nitrogens with two attached hydrogens (primary N) is 1. The fourth-order valence-corrected chi connectivity index (χ4v) is 4.76. The zero-order valence-electron chi connectivity index (χ0n) is 16.6. The molecule has 2 aromatic rings. The lowest BCUT2D eigenvalue weighted by Crippen LogP contribution is -2.42. The highest BCUT2D eigenvalue weighted by molar-refractivity contribution is 5.94. The van der Waals surface area contributed by atoms with Crippen LogP contribution in [0.2, 0.25) is 0 Å². The fraction of sp³-hybridized carbons (Fsp3) is 0.375. The Kier molecular flexibility index (Phi) is 5.65. The Morgan fingerprint density at radius 3 is 2.63 bits per heavy atom. The van der Waals surface area contributed by atoms with Crippen molar-refractivity contribution in [3.05, 3.63) is 59.4 Å². The minimum atomic E-state index is -0.558. The van der Waals surface area contributed by atoms with Crippen molar-refractivity contribution in [3.63, 3.8) is 0 Å². The van der Waals surface area contributed by atoms with Gasteiger partial charge in [0.2, 0.25) is 5.91 Å². The third-order valence-corrected chi connectivity index (χ3v) is 6.34. The number of hydrogen-bond acceptors (Lipinski definition) is 4. The average molecular weight is 405 g/mol. The second-order valence-electron chi connectivity index (χ2n) is 8.37. The van der Waals surface area contributed by atoms with E-state index >= 15 is 0 Å². The molecule has 154 valence electrons. The summed E-state index contributed by atoms with van der Waals surface area (Å²) < 4.78 is 14.8. The minimum Gasteiger partial charge on any atom is -0.366 e. The third-order valence-electron chi connectivity index (χ3n) is 6.34. The van der Waals surface area contributed by atoms with Gasteiger partial charge in [0.15, 0.2) is 5.78 Å². The van der Waals surface area contributed by atoms with E-state index in [1.165, 1.54) is 6.07 Å². The molecule has 0 spiro atoms. The van der Waals surface area contributed by atoms with Crippen LogP contribution in [0.15, 0.2) is 42.5 Å². The van der Waals surface area contributed by atoms with Gasteiger partial charge in [-0.2, -0.15) is 5.26 Å². The van der Waals surface area contributed by atoms with Crippen molar-refractivity contribution in [2.45, 2.75) is 44.2 Å². The summed E-state index contributed by atoms with van der Waals surface area (Å²) in [6.45, 7) is 0. The Labute approximate surface area is 175 Å². The Hall–Kier alpha value is -3.04. The van der Waals surface area contributed by atoms with Gasteiger partial charge in [0.1, 0.15) is 5.82 Å². The molecule has 2 fully saturated rings. The summed E-state index contributed by atoms with van der Waals surface area (Å²) >= 11 is 0. The number of ketones is 1. The van der Waals surface area contributed by atoms with Crippen LogP contribution >= 0.6 is 0 Å². The number of rotatable bonds is 7. The summed E-state index contributed by atoms with van der Waals surface area (Å²) in [5, 5.41) is 12.9. The first-order valence-electron chi connectivity index (χ1n) is 10.3. The number of amides is 1. The van der Waals surface area contributed by atoms with Crippen molar-refractivity contribution < 1.29 is 14.0 Å². The summed E-state index contributed by atoms with van der Waals surface area (Å²) in [5.41, 5.74) is 7.38. The lowest BCUT2D eigenvalue weighted by molar-refractivity contribution is -0.122. The largest absolute Gasteiger partial charge is 0.366 e. The SMILES string of the molecule is N#C[C@@H](CC(=O)[C@H]1N[C@@H]2CC[C@H]1C2)Cc1ccc(-c2cccc(C(N)=O)c2)cc1F. The van der Waals surface area contributed by atoms with E-state index < -0.39 is 17.6 Å². The van der Waals surface area contributed by atoms with Gasteiger partial charge in [0.05, 0.1) is 18.0 Å². The molecule has 1 heterocycles. The Morgan fingerprint density at radius 2 is 2.00 bits per heavy atom. The molecule has 6 heteroatoms. The molecule has 30 heavy (non-hydrogen) atoms. The second-order valence-corrected chi connectivity index (χ2v) is 8.37. The molecule has 1 saturated heterocycles. The van der Waals surface area contributed by atoms with Crippen LogP contribution in [-0.2, 0) is 11.2 Å². The molecule has 5 nitrogen and oxygen atoms in total. The number of carbonyl (C=O) groups is 2. The molecule has 3 N–H and O–H groups in total. The van der Waals surface area contributed by atoms with Crippen molar-refractivity contribution in [1.82, 2.24) is 5.32 Å². The smallest absolute Gasteiger partial charge is 0.248 e. The highest BCUT2D eigenvalue weighted by Crippen LogP contribution is 2.36. The number of piperidine rings is 1.